The summed E-state index contributed by atoms with van der Waals surface area (Å²) in [7, 11) is 1.91. The van der Waals surface area contributed by atoms with Crippen LogP contribution in [0.1, 0.15) is 0 Å². The molecular formula is C5H12N2O. The first-order chi connectivity index (χ1) is 3.83. The predicted molar refractivity (Wildman–Crippen MR) is 31.7 cm³/mol. The summed E-state index contributed by atoms with van der Waals surface area (Å²) in [6.07, 6.45) is 0. The molecule has 0 aromatic carbocycles. The van der Waals surface area contributed by atoms with Gasteiger partial charge in [0, 0.05) is 6.54 Å². The fourth-order valence-corrected chi connectivity index (χ4v) is 0.713. The number of hydrogen-bond acceptors (Lipinski definition) is 3. The van der Waals surface area contributed by atoms with E-state index in [0.717, 1.165) is 13.2 Å². The van der Waals surface area contributed by atoms with Gasteiger partial charge in [-0.05, 0) is 7.05 Å². The Morgan fingerprint density at radius 1 is 1.75 bits per heavy atom. The lowest BCUT2D eigenvalue weighted by molar-refractivity contribution is -0.0652. The number of hydrogen-bond donors (Lipinski definition) is 2. The van der Waals surface area contributed by atoms with E-state index in [2.05, 4.69) is 5.32 Å². The van der Waals surface area contributed by atoms with Crippen molar-refractivity contribution in [2.24, 2.45) is 5.73 Å². The van der Waals surface area contributed by atoms with Crippen molar-refractivity contribution in [2.45, 2.75) is 5.54 Å². The molecule has 0 atom stereocenters. The van der Waals surface area contributed by atoms with Gasteiger partial charge in [0.2, 0.25) is 0 Å². The summed E-state index contributed by atoms with van der Waals surface area (Å²) >= 11 is 0. The molecule has 0 bridgehead atoms. The van der Waals surface area contributed by atoms with Gasteiger partial charge in [-0.2, -0.15) is 0 Å². The van der Waals surface area contributed by atoms with Crippen molar-refractivity contribution in [3.63, 3.8) is 0 Å². The predicted octanol–water partition coefficient (Wildman–Crippen LogP) is -1.07. The van der Waals surface area contributed by atoms with Crippen LogP contribution in [0.25, 0.3) is 0 Å². The number of ether oxygens (including phenoxy) is 1. The maximum atomic E-state index is 5.44. The highest BCUT2D eigenvalue weighted by Crippen LogP contribution is 2.13. The lowest BCUT2D eigenvalue weighted by atomic mass is 9.99. The standard InChI is InChI=1S/C5H12N2O/c1-7-5(2-6)3-8-4-5/h7H,2-4,6H2,1H3. The van der Waals surface area contributed by atoms with E-state index in [-0.39, 0.29) is 5.54 Å². The van der Waals surface area contributed by atoms with E-state index < -0.39 is 0 Å². The smallest absolute Gasteiger partial charge is 0.0774 e. The van der Waals surface area contributed by atoms with Crippen LogP contribution in [-0.2, 0) is 4.74 Å². The molecule has 48 valence electrons. The highest BCUT2D eigenvalue weighted by molar-refractivity contribution is 4.93. The zero-order valence-corrected chi connectivity index (χ0v) is 5.11. The Labute approximate surface area is 49.2 Å². The van der Waals surface area contributed by atoms with Crippen molar-refractivity contribution in [1.29, 1.82) is 0 Å². The van der Waals surface area contributed by atoms with Gasteiger partial charge < -0.3 is 15.8 Å². The average Bonchev–Trinajstić information content (AvgIpc) is 1.67. The molecule has 0 unspecified atom stereocenters. The Balaban J connectivity index is 2.33. The molecule has 3 N–H and O–H groups in total. The van der Waals surface area contributed by atoms with Gasteiger partial charge in [-0.1, -0.05) is 0 Å². The van der Waals surface area contributed by atoms with Crippen LogP contribution in [0.5, 0.6) is 0 Å². The van der Waals surface area contributed by atoms with E-state index in [1.807, 2.05) is 7.05 Å². The van der Waals surface area contributed by atoms with Crippen LogP contribution in [0, 0.1) is 0 Å². The highest BCUT2D eigenvalue weighted by atomic mass is 16.5. The molecule has 0 saturated carbocycles. The quantitative estimate of drug-likeness (QED) is 0.483. The van der Waals surface area contributed by atoms with Gasteiger partial charge in [0.1, 0.15) is 0 Å². The molecule has 3 nitrogen and oxygen atoms in total. The second kappa shape index (κ2) is 2.01. The van der Waals surface area contributed by atoms with E-state index in [1.54, 1.807) is 0 Å². The van der Waals surface area contributed by atoms with Crippen molar-refractivity contribution in [2.75, 3.05) is 26.8 Å². The minimum absolute atomic E-state index is 0.111. The van der Waals surface area contributed by atoms with Gasteiger partial charge in [-0.3, -0.25) is 0 Å². The van der Waals surface area contributed by atoms with E-state index in [9.17, 15) is 0 Å². The number of nitrogens with one attached hydrogen (secondary N) is 1. The topological polar surface area (TPSA) is 47.3 Å². The molecule has 0 spiro atoms. The molecule has 0 aromatic heterocycles. The molecular weight excluding hydrogens is 104 g/mol. The Morgan fingerprint density at radius 3 is 2.38 bits per heavy atom. The van der Waals surface area contributed by atoms with Gasteiger partial charge in [-0.15, -0.1) is 0 Å². The number of rotatable bonds is 2. The van der Waals surface area contributed by atoms with Crippen LogP contribution >= 0.6 is 0 Å². The van der Waals surface area contributed by atoms with Gasteiger partial charge in [-0.25, -0.2) is 0 Å². The molecule has 0 radical (unpaired) electrons. The lowest BCUT2D eigenvalue weighted by Gasteiger charge is -2.40. The van der Waals surface area contributed by atoms with Crippen LogP contribution in [0.3, 0.4) is 0 Å². The minimum atomic E-state index is 0.111. The second-order valence-corrected chi connectivity index (χ2v) is 2.23. The van der Waals surface area contributed by atoms with Gasteiger partial charge in [0.25, 0.3) is 0 Å². The first-order valence-corrected chi connectivity index (χ1v) is 2.80. The largest absolute Gasteiger partial charge is 0.377 e. The summed E-state index contributed by atoms with van der Waals surface area (Å²) in [6.45, 7) is 2.20. The van der Waals surface area contributed by atoms with Crippen molar-refractivity contribution in [3.8, 4) is 0 Å². The first kappa shape index (κ1) is 6.01. The van der Waals surface area contributed by atoms with Crippen LogP contribution in [0.2, 0.25) is 0 Å². The molecule has 1 aliphatic heterocycles. The van der Waals surface area contributed by atoms with E-state index in [4.69, 9.17) is 10.5 Å². The lowest BCUT2D eigenvalue weighted by Crippen LogP contribution is -2.63. The zero-order chi connectivity index (χ0) is 6.04. The van der Waals surface area contributed by atoms with Crippen molar-refractivity contribution in [3.05, 3.63) is 0 Å². The van der Waals surface area contributed by atoms with Crippen molar-refractivity contribution in [1.82, 2.24) is 5.32 Å². The van der Waals surface area contributed by atoms with Gasteiger partial charge in [0.05, 0.1) is 18.8 Å². The minimum Gasteiger partial charge on any atom is -0.377 e. The van der Waals surface area contributed by atoms with Crippen molar-refractivity contribution >= 4 is 0 Å². The summed E-state index contributed by atoms with van der Waals surface area (Å²) in [5.41, 5.74) is 5.55. The molecule has 0 amide bonds. The summed E-state index contributed by atoms with van der Waals surface area (Å²) in [5.74, 6) is 0. The molecule has 1 aliphatic rings. The summed E-state index contributed by atoms with van der Waals surface area (Å²) in [4.78, 5) is 0. The Hall–Kier alpha value is -0.120. The summed E-state index contributed by atoms with van der Waals surface area (Å²) in [6, 6.07) is 0. The molecule has 0 aromatic rings. The molecule has 1 rings (SSSR count). The first-order valence-electron chi connectivity index (χ1n) is 2.80. The molecule has 8 heavy (non-hydrogen) atoms. The Bertz CT molecular complexity index is 67.0. The second-order valence-electron chi connectivity index (χ2n) is 2.23. The number of likely N-dealkylation sites (N-methyl/N-ethyl adjacent to an activating group) is 1. The molecule has 1 fully saturated rings. The molecule has 1 heterocycles. The van der Waals surface area contributed by atoms with Gasteiger partial charge >= 0.3 is 0 Å². The molecule has 0 aliphatic carbocycles. The van der Waals surface area contributed by atoms with Crippen LogP contribution in [0.4, 0.5) is 0 Å². The van der Waals surface area contributed by atoms with E-state index in [1.165, 1.54) is 0 Å². The monoisotopic (exact) mass is 116 g/mol. The summed E-state index contributed by atoms with van der Waals surface area (Å²) < 4.78 is 4.98. The maximum absolute atomic E-state index is 5.44. The fraction of sp³-hybridized carbons (Fsp3) is 1.00. The third kappa shape index (κ3) is 0.727. The van der Waals surface area contributed by atoms with Crippen LogP contribution in [-0.4, -0.2) is 32.3 Å². The average molecular weight is 116 g/mol. The zero-order valence-electron chi connectivity index (χ0n) is 5.11. The third-order valence-electron chi connectivity index (χ3n) is 1.68. The third-order valence-corrected chi connectivity index (χ3v) is 1.68. The number of nitrogens with two attached hydrogens (primary N) is 1. The Morgan fingerprint density at radius 2 is 2.38 bits per heavy atom. The molecule has 1 saturated heterocycles. The van der Waals surface area contributed by atoms with Crippen molar-refractivity contribution < 1.29 is 4.74 Å². The van der Waals surface area contributed by atoms with Crippen LogP contribution < -0.4 is 11.1 Å². The highest BCUT2D eigenvalue weighted by Gasteiger charge is 2.34. The summed E-state index contributed by atoms with van der Waals surface area (Å²) in [5, 5.41) is 3.11. The SMILES string of the molecule is CNC1(CN)COC1. The van der Waals surface area contributed by atoms with Gasteiger partial charge in [0.15, 0.2) is 0 Å². The van der Waals surface area contributed by atoms with E-state index in [0.29, 0.717) is 6.54 Å². The normalized spacial score (nSPS) is 24.8. The maximum Gasteiger partial charge on any atom is 0.0774 e. The van der Waals surface area contributed by atoms with E-state index >= 15 is 0 Å². The van der Waals surface area contributed by atoms with Crippen LogP contribution in [0.15, 0.2) is 0 Å². The molecule has 3 heteroatoms. The fourth-order valence-electron chi connectivity index (χ4n) is 0.713. The Kier molecular flexibility index (Phi) is 1.51.